The number of benzene rings is 1. The lowest BCUT2D eigenvalue weighted by Gasteiger charge is -2.00. The van der Waals surface area contributed by atoms with Crippen LogP contribution in [-0.4, -0.2) is 31.6 Å². The Morgan fingerprint density at radius 1 is 1.35 bits per heavy atom. The number of para-hydroxylation sites is 1. The van der Waals surface area contributed by atoms with Gasteiger partial charge in [-0.15, -0.1) is 5.10 Å². The number of anilines is 1. The molecule has 0 bridgehead atoms. The third kappa shape index (κ3) is 4.19. The maximum absolute atomic E-state index is 11.8. The summed E-state index contributed by atoms with van der Waals surface area (Å²) in [5.74, 6) is 1.56. The van der Waals surface area contributed by atoms with Crippen LogP contribution in [0.2, 0.25) is 0 Å². The number of thioether (sulfide) groups is 1. The molecule has 0 radical (unpaired) electrons. The van der Waals surface area contributed by atoms with E-state index in [1.54, 1.807) is 24.0 Å². The summed E-state index contributed by atoms with van der Waals surface area (Å²) in [6.45, 7) is 1.77. The molecule has 0 unspecified atom stereocenters. The van der Waals surface area contributed by atoms with E-state index >= 15 is 0 Å². The van der Waals surface area contributed by atoms with E-state index in [9.17, 15) is 4.79 Å². The van der Waals surface area contributed by atoms with Gasteiger partial charge in [-0.1, -0.05) is 35.1 Å². The summed E-state index contributed by atoms with van der Waals surface area (Å²) >= 11 is 1.43. The van der Waals surface area contributed by atoms with Crippen molar-refractivity contribution in [3.05, 3.63) is 48.5 Å². The lowest BCUT2D eigenvalue weighted by atomic mass is 10.3. The first-order valence-electron chi connectivity index (χ1n) is 7.04. The molecular weight excluding hydrogens is 314 g/mol. The lowest BCUT2D eigenvalue weighted by molar-refractivity contribution is -0.115. The van der Waals surface area contributed by atoms with Crippen molar-refractivity contribution in [3.8, 4) is 5.69 Å². The van der Waals surface area contributed by atoms with E-state index in [2.05, 4.69) is 20.6 Å². The topological polar surface area (TPSA) is 85.8 Å². The van der Waals surface area contributed by atoms with Gasteiger partial charge in [0.25, 0.3) is 0 Å². The van der Waals surface area contributed by atoms with Crippen LogP contribution in [0.4, 0.5) is 5.82 Å². The van der Waals surface area contributed by atoms with Crippen LogP contribution in [0.25, 0.3) is 5.69 Å². The second-order valence-corrected chi connectivity index (χ2v) is 5.84. The SMILES string of the molecule is Cc1cc(NC(=O)CCSc2ncn(-c3ccccc3)n2)no1. The Kier molecular flexibility index (Phi) is 4.72. The van der Waals surface area contributed by atoms with E-state index in [1.807, 2.05) is 30.3 Å². The van der Waals surface area contributed by atoms with Crippen LogP contribution >= 0.6 is 11.8 Å². The third-order valence-corrected chi connectivity index (χ3v) is 3.80. The number of hydrogen-bond acceptors (Lipinski definition) is 6. The Balaban J connectivity index is 1.47. The molecule has 0 aliphatic carbocycles. The van der Waals surface area contributed by atoms with Crippen molar-refractivity contribution in [2.45, 2.75) is 18.5 Å². The van der Waals surface area contributed by atoms with Gasteiger partial charge >= 0.3 is 0 Å². The van der Waals surface area contributed by atoms with Crippen LogP contribution in [0.5, 0.6) is 0 Å². The third-order valence-electron chi connectivity index (χ3n) is 2.95. The zero-order valence-electron chi connectivity index (χ0n) is 12.5. The summed E-state index contributed by atoms with van der Waals surface area (Å²) < 4.78 is 6.60. The van der Waals surface area contributed by atoms with Crippen LogP contribution < -0.4 is 5.32 Å². The largest absolute Gasteiger partial charge is 0.360 e. The van der Waals surface area contributed by atoms with Gasteiger partial charge in [0.05, 0.1) is 5.69 Å². The molecule has 0 fully saturated rings. The smallest absolute Gasteiger partial charge is 0.226 e. The van der Waals surface area contributed by atoms with E-state index < -0.39 is 0 Å². The Morgan fingerprint density at radius 2 is 2.17 bits per heavy atom. The predicted molar refractivity (Wildman–Crippen MR) is 86.6 cm³/mol. The highest BCUT2D eigenvalue weighted by Crippen LogP contribution is 2.15. The van der Waals surface area contributed by atoms with E-state index in [1.165, 1.54) is 11.8 Å². The van der Waals surface area contributed by atoms with Crippen LogP contribution in [-0.2, 0) is 4.79 Å². The molecule has 1 N–H and O–H groups in total. The molecule has 1 amide bonds. The minimum absolute atomic E-state index is 0.117. The molecule has 23 heavy (non-hydrogen) atoms. The molecular formula is C15H15N5O2S. The zero-order chi connectivity index (χ0) is 16.1. The Morgan fingerprint density at radius 3 is 2.91 bits per heavy atom. The van der Waals surface area contributed by atoms with Gasteiger partial charge < -0.3 is 9.84 Å². The first kappa shape index (κ1) is 15.3. The number of nitrogens with one attached hydrogen (secondary N) is 1. The summed E-state index contributed by atoms with van der Waals surface area (Å²) in [5, 5.41) is 11.4. The fraction of sp³-hybridized carbons (Fsp3) is 0.200. The first-order valence-corrected chi connectivity index (χ1v) is 8.02. The number of carbonyl (C=O) groups excluding carboxylic acids is 1. The van der Waals surface area contributed by atoms with Crippen molar-refractivity contribution in [2.24, 2.45) is 0 Å². The monoisotopic (exact) mass is 329 g/mol. The number of rotatable bonds is 6. The molecule has 2 aromatic heterocycles. The normalized spacial score (nSPS) is 10.7. The number of carbonyl (C=O) groups is 1. The molecule has 3 aromatic rings. The van der Waals surface area contributed by atoms with Crippen molar-refractivity contribution in [3.63, 3.8) is 0 Å². The zero-order valence-corrected chi connectivity index (χ0v) is 13.3. The summed E-state index contributed by atoms with van der Waals surface area (Å²) in [4.78, 5) is 16.0. The maximum Gasteiger partial charge on any atom is 0.226 e. The van der Waals surface area contributed by atoms with Gasteiger partial charge in [-0.05, 0) is 19.1 Å². The number of nitrogens with zero attached hydrogens (tertiary/aromatic N) is 4. The van der Waals surface area contributed by atoms with Gasteiger partial charge in [-0.3, -0.25) is 4.79 Å². The lowest BCUT2D eigenvalue weighted by Crippen LogP contribution is -2.12. The average Bonchev–Trinajstić information content (AvgIpc) is 3.17. The van der Waals surface area contributed by atoms with Crippen molar-refractivity contribution < 1.29 is 9.32 Å². The van der Waals surface area contributed by atoms with Gasteiger partial charge in [0.2, 0.25) is 11.1 Å². The summed E-state index contributed by atoms with van der Waals surface area (Å²) in [6, 6.07) is 11.4. The minimum Gasteiger partial charge on any atom is -0.360 e. The molecule has 7 nitrogen and oxygen atoms in total. The van der Waals surface area contributed by atoms with Gasteiger partial charge in [0.15, 0.2) is 5.82 Å². The quantitative estimate of drug-likeness (QED) is 0.700. The highest BCUT2D eigenvalue weighted by molar-refractivity contribution is 7.99. The predicted octanol–water partition coefficient (Wildman–Crippen LogP) is 2.68. The van der Waals surface area contributed by atoms with E-state index in [0.29, 0.717) is 28.9 Å². The first-order chi connectivity index (χ1) is 11.2. The van der Waals surface area contributed by atoms with Crippen molar-refractivity contribution in [2.75, 3.05) is 11.1 Å². The molecule has 3 rings (SSSR count). The molecule has 0 spiro atoms. The van der Waals surface area contributed by atoms with Crippen LogP contribution in [0.15, 0.2) is 52.4 Å². The van der Waals surface area contributed by atoms with Gasteiger partial charge in [-0.25, -0.2) is 9.67 Å². The van der Waals surface area contributed by atoms with Crippen LogP contribution in [0.3, 0.4) is 0 Å². The van der Waals surface area contributed by atoms with Crippen LogP contribution in [0, 0.1) is 6.92 Å². The van der Waals surface area contributed by atoms with Crippen molar-refractivity contribution in [1.82, 2.24) is 19.9 Å². The molecule has 0 aliphatic rings. The standard InChI is InChI=1S/C15H15N5O2S/c1-11-9-13(19-22-11)17-14(21)7-8-23-15-16-10-20(18-15)12-5-3-2-4-6-12/h2-6,9-10H,7-8H2,1H3,(H,17,19,21). The number of hydrogen-bond donors (Lipinski definition) is 1. The average molecular weight is 329 g/mol. The second kappa shape index (κ2) is 7.10. The molecule has 0 atom stereocenters. The van der Waals surface area contributed by atoms with E-state index in [0.717, 1.165) is 5.69 Å². The summed E-state index contributed by atoms with van der Waals surface area (Å²) in [5.41, 5.74) is 0.950. The van der Waals surface area contributed by atoms with Crippen molar-refractivity contribution >= 4 is 23.5 Å². The second-order valence-electron chi connectivity index (χ2n) is 4.78. The highest BCUT2D eigenvalue weighted by Gasteiger charge is 2.08. The number of amides is 1. The Hall–Kier alpha value is -2.61. The van der Waals surface area contributed by atoms with Gasteiger partial charge in [0, 0.05) is 18.2 Å². The highest BCUT2D eigenvalue weighted by atomic mass is 32.2. The number of aryl methyl sites for hydroxylation is 1. The molecule has 0 saturated carbocycles. The van der Waals surface area contributed by atoms with E-state index in [4.69, 9.17) is 4.52 Å². The molecule has 1 aromatic carbocycles. The van der Waals surface area contributed by atoms with E-state index in [-0.39, 0.29) is 5.91 Å². The molecule has 0 saturated heterocycles. The molecule has 118 valence electrons. The van der Waals surface area contributed by atoms with Gasteiger partial charge in [-0.2, -0.15) is 0 Å². The summed E-state index contributed by atoms with van der Waals surface area (Å²) in [6.07, 6.45) is 2.01. The molecule has 0 aliphatic heterocycles. The fourth-order valence-electron chi connectivity index (χ4n) is 1.88. The minimum atomic E-state index is -0.117. The molecule has 8 heteroatoms. The van der Waals surface area contributed by atoms with Gasteiger partial charge in [0.1, 0.15) is 12.1 Å². The molecule has 2 heterocycles. The summed E-state index contributed by atoms with van der Waals surface area (Å²) in [7, 11) is 0. The maximum atomic E-state index is 11.8. The Bertz CT molecular complexity index is 784. The fourth-order valence-corrected chi connectivity index (χ4v) is 2.62. The van der Waals surface area contributed by atoms with Crippen LogP contribution in [0.1, 0.15) is 12.2 Å². The van der Waals surface area contributed by atoms with Crippen molar-refractivity contribution in [1.29, 1.82) is 0 Å². The Labute approximate surface area is 137 Å². The number of aromatic nitrogens is 4.